The lowest BCUT2D eigenvalue weighted by Gasteiger charge is -2.21. The number of benzene rings is 2. The summed E-state index contributed by atoms with van der Waals surface area (Å²) in [5.41, 5.74) is 9.42. The Labute approximate surface area is 260 Å². The molecule has 3 aromatic rings. The molecule has 1 atom stereocenters. The molecule has 2 aromatic carbocycles. The number of fused-ring (bicyclic) bond motifs is 1. The van der Waals surface area contributed by atoms with Gasteiger partial charge in [0.2, 0.25) is 0 Å². The van der Waals surface area contributed by atoms with Crippen LogP contribution in [0.1, 0.15) is 20.8 Å². The highest BCUT2D eigenvalue weighted by atomic mass is 32.2. The van der Waals surface area contributed by atoms with E-state index < -0.39 is 0 Å². The van der Waals surface area contributed by atoms with Gasteiger partial charge in [-0.25, -0.2) is 0 Å². The Hall–Kier alpha value is -2.11. The van der Waals surface area contributed by atoms with E-state index in [9.17, 15) is 4.79 Å². The Morgan fingerprint density at radius 2 is 1.60 bits per heavy atom. The van der Waals surface area contributed by atoms with Gasteiger partial charge in [0.1, 0.15) is 19.0 Å². The molecule has 0 radical (unpaired) electrons. The Morgan fingerprint density at radius 3 is 2.21 bits per heavy atom. The summed E-state index contributed by atoms with van der Waals surface area (Å²) < 4.78 is 28.0. The van der Waals surface area contributed by atoms with Crippen molar-refractivity contribution >= 4 is 66.5 Å². The summed E-state index contributed by atoms with van der Waals surface area (Å²) in [6, 6.07) is 11.7. The first-order chi connectivity index (χ1) is 20.2. The number of anilines is 3. The maximum absolute atomic E-state index is 11.2. The number of hydrogen-bond acceptors (Lipinski definition) is 11. The predicted octanol–water partition coefficient (Wildman–Crippen LogP) is 6.02. The second kappa shape index (κ2) is 17.9. The lowest BCUT2D eigenvalue weighted by Crippen LogP contribution is -2.14. The highest BCUT2D eigenvalue weighted by Gasteiger charge is 2.18. The molecule has 3 rings (SSSR count). The fourth-order valence-corrected chi connectivity index (χ4v) is 5.12. The molecule has 0 saturated heterocycles. The fourth-order valence-electron chi connectivity index (χ4n) is 3.68. The van der Waals surface area contributed by atoms with Crippen LogP contribution in [0.3, 0.4) is 0 Å². The van der Waals surface area contributed by atoms with Gasteiger partial charge in [0.25, 0.3) is 0 Å². The van der Waals surface area contributed by atoms with Crippen LogP contribution in [-0.4, -0.2) is 81.4 Å². The molecule has 0 spiro atoms. The molecule has 0 aliphatic heterocycles. The minimum absolute atomic E-state index is 0.0165. The van der Waals surface area contributed by atoms with Crippen LogP contribution >= 0.6 is 33.0 Å². The quantitative estimate of drug-likeness (QED) is 0.0475. The number of nitrogens with one attached hydrogen (secondary N) is 1. The summed E-state index contributed by atoms with van der Waals surface area (Å²) in [5.74, 6) is 0.774. The summed E-state index contributed by atoms with van der Waals surface area (Å²) in [5, 5.41) is 4.45. The summed E-state index contributed by atoms with van der Waals surface area (Å²) in [4.78, 5) is 17.5. The molecule has 0 bridgehead atoms. The third-order valence-electron chi connectivity index (χ3n) is 5.64. The van der Waals surface area contributed by atoms with Crippen LogP contribution in [0.25, 0.3) is 10.9 Å². The van der Waals surface area contributed by atoms with Gasteiger partial charge in [-0.2, -0.15) is 0 Å². The van der Waals surface area contributed by atoms with E-state index in [4.69, 9.17) is 29.4 Å². The first-order valence-electron chi connectivity index (χ1n) is 13.8. The smallest absolute Gasteiger partial charge is 0.176 e. The van der Waals surface area contributed by atoms with Gasteiger partial charge in [0.15, 0.2) is 5.52 Å². The SMILES string of the molecule is CPC(=O)COCCOCCOCCOCCOc1cc2nccc(Nc3ccc(S)c(N)c3)c2cc1SC(C)(C)C. The normalized spacial score (nSPS) is 11.9. The van der Waals surface area contributed by atoms with Gasteiger partial charge < -0.3 is 34.7 Å². The average Bonchev–Trinajstić information content (AvgIpc) is 2.94. The number of aromatic nitrogens is 1. The topological polar surface area (TPSA) is 114 Å². The van der Waals surface area contributed by atoms with Gasteiger partial charge in [-0.15, -0.1) is 24.4 Å². The van der Waals surface area contributed by atoms with E-state index >= 15 is 0 Å². The van der Waals surface area contributed by atoms with Gasteiger partial charge in [-0.05, 0) is 37.0 Å². The number of ether oxygens (including phenoxy) is 5. The van der Waals surface area contributed by atoms with Crippen molar-refractivity contribution in [3.05, 3.63) is 42.6 Å². The van der Waals surface area contributed by atoms with Gasteiger partial charge in [-0.1, -0.05) is 29.4 Å². The molecule has 1 aromatic heterocycles. The standard InChI is InChI=1S/C30H42N3O6PS2/c1-30(2,3)42-28-18-22-24(33-21-5-6-27(41)23(31)17-21)7-8-32-25(22)19-26(28)39-16-15-37-12-11-35-9-10-36-13-14-38-20-29(34)40-4/h5-8,17-19,40-41H,9-16,20,31H2,1-4H3,(H,32,33). The van der Waals surface area contributed by atoms with E-state index in [1.807, 2.05) is 37.0 Å². The molecule has 0 saturated carbocycles. The molecular weight excluding hydrogens is 593 g/mol. The van der Waals surface area contributed by atoms with Crippen molar-refractivity contribution in [1.82, 2.24) is 4.98 Å². The zero-order valence-corrected chi connectivity index (χ0v) is 27.4. The van der Waals surface area contributed by atoms with Crippen LogP contribution in [0.4, 0.5) is 17.1 Å². The molecule has 1 unspecified atom stereocenters. The first kappa shape index (κ1) is 34.4. The molecule has 1 heterocycles. The number of thiol groups is 1. The van der Waals surface area contributed by atoms with E-state index in [0.717, 1.165) is 37.8 Å². The minimum atomic E-state index is -0.0165. The Kier molecular flexibility index (Phi) is 14.6. The number of carbonyl (C=O) groups excluding carboxylic acids is 1. The number of pyridine rings is 1. The molecule has 0 aliphatic carbocycles. The molecular formula is C30H42N3O6PS2. The second-order valence-electron chi connectivity index (χ2n) is 10.2. The summed E-state index contributed by atoms with van der Waals surface area (Å²) in [6.07, 6.45) is 1.78. The number of nitrogens with zero attached hydrogens (tertiary/aromatic N) is 1. The molecule has 0 fully saturated rings. The molecule has 9 nitrogen and oxygen atoms in total. The van der Waals surface area contributed by atoms with Crippen LogP contribution in [0.5, 0.6) is 5.75 Å². The summed E-state index contributed by atoms with van der Waals surface area (Å²) in [6.45, 7) is 12.1. The van der Waals surface area contributed by atoms with Crippen molar-refractivity contribution in [2.24, 2.45) is 0 Å². The van der Waals surface area contributed by atoms with Crippen molar-refractivity contribution < 1.29 is 28.5 Å². The number of rotatable bonds is 19. The Balaban J connectivity index is 1.46. The predicted molar refractivity (Wildman–Crippen MR) is 177 cm³/mol. The molecule has 230 valence electrons. The van der Waals surface area contributed by atoms with E-state index in [1.165, 1.54) is 0 Å². The van der Waals surface area contributed by atoms with Gasteiger partial charge in [-0.3, -0.25) is 9.78 Å². The Morgan fingerprint density at radius 1 is 0.952 bits per heavy atom. The van der Waals surface area contributed by atoms with Gasteiger partial charge in [0.05, 0.1) is 56.7 Å². The lowest BCUT2D eigenvalue weighted by atomic mass is 10.1. The molecule has 3 N–H and O–H groups in total. The summed E-state index contributed by atoms with van der Waals surface area (Å²) in [7, 11) is 0.268. The van der Waals surface area contributed by atoms with Gasteiger partial charge in [0, 0.05) is 44.4 Å². The molecule has 42 heavy (non-hydrogen) atoms. The van der Waals surface area contributed by atoms with E-state index in [0.29, 0.717) is 58.5 Å². The molecule has 12 heteroatoms. The number of thioether (sulfide) groups is 1. The summed E-state index contributed by atoms with van der Waals surface area (Å²) >= 11 is 6.11. The monoisotopic (exact) mass is 635 g/mol. The van der Waals surface area contributed by atoms with Crippen molar-refractivity contribution in [1.29, 1.82) is 0 Å². The zero-order chi connectivity index (χ0) is 30.4. The van der Waals surface area contributed by atoms with E-state index in [2.05, 4.69) is 49.8 Å². The average molecular weight is 636 g/mol. The van der Waals surface area contributed by atoms with Gasteiger partial charge >= 0.3 is 0 Å². The second-order valence-corrected chi connectivity index (χ2v) is 13.6. The third kappa shape index (κ3) is 12.2. The molecule has 0 amide bonds. The largest absolute Gasteiger partial charge is 0.490 e. The van der Waals surface area contributed by atoms with Crippen molar-refractivity contribution in [2.75, 3.05) is 77.2 Å². The van der Waals surface area contributed by atoms with Crippen LogP contribution in [0, 0.1) is 0 Å². The van der Waals surface area contributed by atoms with E-state index in [1.54, 1.807) is 18.0 Å². The Bertz CT molecular complexity index is 1290. The maximum atomic E-state index is 11.2. The minimum Gasteiger partial charge on any atom is -0.490 e. The van der Waals surface area contributed by atoms with Crippen LogP contribution in [0.15, 0.2) is 52.4 Å². The first-order valence-corrected chi connectivity index (χ1v) is 16.5. The zero-order valence-electron chi connectivity index (χ0n) is 24.7. The number of nitrogens with two attached hydrogens (primary N) is 1. The molecule has 0 aliphatic rings. The van der Waals surface area contributed by atoms with Crippen LogP contribution in [0.2, 0.25) is 0 Å². The van der Waals surface area contributed by atoms with Crippen molar-refractivity contribution in [3.8, 4) is 5.75 Å². The lowest BCUT2D eigenvalue weighted by molar-refractivity contribution is -0.116. The fraction of sp³-hybridized carbons (Fsp3) is 0.467. The van der Waals surface area contributed by atoms with Crippen molar-refractivity contribution in [2.45, 2.75) is 35.3 Å². The number of carbonyl (C=O) groups is 1. The van der Waals surface area contributed by atoms with E-state index in [-0.39, 0.29) is 25.5 Å². The highest BCUT2D eigenvalue weighted by Crippen LogP contribution is 2.41. The third-order valence-corrected chi connectivity index (χ3v) is 7.90. The number of nitrogen functional groups attached to an aromatic ring is 1. The van der Waals surface area contributed by atoms with Crippen LogP contribution < -0.4 is 15.8 Å². The number of hydrogen-bond donors (Lipinski definition) is 3. The maximum Gasteiger partial charge on any atom is 0.176 e. The highest BCUT2D eigenvalue weighted by molar-refractivity contribution is 8.00. The van der Waals surface area contributed by atoms with Crippen LogP contribution in [-0.2, 0) is 23.7 Å². The van der Waals surface area contributed by atoms with Crippen molar-refractivity contribution in [3.63, 3.8) is 0 Å².